The lowest BCUT2D eigenvalue weighted by Crippen LogP contribution is -2.38. The van der Waals surface area contributed by atoms with Crippen molar-refractivity contribution in [2.24, 2.45) is 0 Å². The molecule has 6 heteroatoms. The van der Waals surface area contributed by atoms with E-state index in [1.165, 1.54) is 0 Å². The van der Waals surface area contributed by atoms with Crippen LogP contribution in [0.2, 0.25) is 0 Å². The first-order valence-electron chi connectivity index (χ1n) is 7.96. The Morgan fingerprint density at radius 2 is 1.96 bits per heavy atom. The Balaban J connectivity index is 1.71. The van der Waals surface area contributed by atoms with Crippen LogP contribution in [-0.2, 0) is 16.6 Å². The van der Waals surface area contributed by atoms with Gasteiger partial charge in [-0.2, -0.15) is 0 Å². The van der Waals surface area contributed by atoms with Crippen LogP contribution in [0.15, 0.2) is 40.8 Å². The highest BCUT2D eigenvalue weighted by Gasteiger charge is 2.14. The third-order valence-corrected chi connectivity index (χ3v) is 4.99. The number of carbonyl (C=O) groups excluding carboxylic acids is 1. The molecule has 2 amide bonds. The quantitative estimate of drug-likeness (QED) is 0.807. The van der Waals surface area contributed by atoms with Crippen LogP contribution < -0.4 is 10.6 Å². The van der Waals surface area contributed by atoms with Crippen LogP contribution in [0.25, 0.3) is 0 Å². The number of hydrogen-bond donors (Lipinski definition) is 2. The lowest BCUT2D eigenvalue weighted by Gasteiger charge is -2.14. The highest BCUT2D eigenvalue weighted by Crippen LogP contribution is 2.20. The monoisotopic (exact) mass is 348 g/mol. The van der Waals surface area contributed by atoms with Crippen LogP contribution in [0.5, 0.6) is 0 Å². The summed E-state index contributed by atoms with van der Waals surface area (Å²) in [6.45, 7) is 6.04. The summed E-state index contributed by atoms with van der Waals surface area (Å²) in [4.78, 5) is 11.9. The second kappa shape index (κ2) is 8.68. The van der Waals surface area contributed by atoms with Crippen LogP contribution in [0, 0.1) is 13.8 Å². The fourth-order valence-corrected chi connectivity index (χ4v) is 3.55. The van der Waals surface area contributed by atoms with Crippen LogP contribution in [-0.4, -0.2) is 22.5 Å². The smallest absolute Gasteiger partial charge is 0.315 e. The average Bonchev–Trinajstić information content (AvgIpc) is 2.87. The molecule has 0 aliphatic heterocycles. The molecule has 2 rings (SSSR count). The van der Waals surface area contributed by atoms with E-state index in [0.717, 1.165) is 22.6 Å². The van der Waals surface area contributed by atoms with Gasteiger partial charge in [-0.05, 0) is 32.4 Å². The van der Waals surface area contributed by atoms with Crippen LogP contribution in [0.3, 0.4) is 0 Å². The molecule has 0 aliphatic carbocycles. The molecule has 0 bridgehead atoms. The van der Waals surface area contributed by atoms with E-state index in [2.05, 4.69) is 10.6 Å². The Kier molecular flexibility index (Phi) is 6.61. The highest BCUT2D eigenvalue weighted by atomic mass is 32.2. The number of benzene rings is 1. The van der Waals surface area contributed by atoms with Gasteiger partial charge in [0.15, 0.2) is 0 Å². The van der Waals surface area contributed by atoms with E-state index in [1.54, 1.807) is 0 Å². The van der Waals surface area contributed by atoms with E-state index in [0.29, 0.717) is 18.1 Å². The molecule has 0 saturated heterocycles. The first kappa shape index (κ1) is 18.3. The largest absolute Gasteiger partial charge is 0.466 e. The topological polar surface area (TPSA) is 71.3 Å². The summed E-state index contributed by atoms with van der Waals surface area (Å²) in [5.74, 6) is 2.58. The van der Waals surface area contributed by atoms with Crippen molar-refractivity contribution in [2.45, 2.75) is 32.6 Å². The summed E-state index contributed by atoms with van der Waals surface area (Å²) in [5, 5.41) is 5.62. The molecule has 2 N–H and O–H groups in total. The van der Waals surface area contributed by atoms with Crippen molar-refractivity contribution in [1.29, 1.82) is 0 Å². The van der Waals surface area contributed by atoms with E-state index in [9.17, 15) is 9.00 Å². The molecule has 2 atom stereocenters. The van der Waals surface area contributed by atoms with Gasteiger partial charge in [-0.1, -0.05) is 30.3 Å². The number of rotatable bonds is 7. The van der Waals surface area contributed by atoms with Crippen molar-refractivity contribution in [1.82, 2.24) is 10.6 Å². The number of carbonyl (C=O) groups is 1. The van der Waals surface area contributed by atoms with Gasteiger partial charge in [0, 0.05) is 34.4 Å². The zero-order valence-electron chi connectivity index (χ0n) is 14.3. The molecule has 130 valence electrons. The maximum Gasteiger partial charge on any atom is 0.315 e. The third-order valence-electron chi connectivity index (χ3n) is 3.68. The van der Waals surface area contributed by atoms with E-state index in [1.807, 2.05) is 57.2 Å². The average molecular weight is 348 g/mol. The molecule has 1 aromatic heterocycles. The normalized spacial score (nSPS) is 13.3. The molecule has 0 saturated carbocycles. The summed E-state index contributed by atoms with van der Waals surface area (Å²) in [5.41, 5.74) is 2.01. The van der Waals surface area contributed by atoms with Crippen molar-refractivity contribution in [2.75, 3.05) is 12.3 Å². The van der Waals surface area contributed by atoms with E-state index < -0.39 is 10.8 Å². The summed E-state index contributed by atoms with van der Waals surface area (Å²) >= 11 is 0. The number of amides is 2. The number of nitrogens with one attached hydrogen (secondary N) is 2. The van der Waals surface area contributed by atoms with Gasteiger partial charge in [-0.15, -0.1) is 0 Å². The van der Waals surface area contributed by atoms with Gasteiger partial charge in [0.2, 0.25) is 0 Å². The minimum atomic E-state index is -0.994. The first-order chi connectivity index (χ1) is 11.5. The van der Waals surface area contributed by atoms with Crippen molar-refractivity contribution < 1.29 is 13.4 Å². The standard InChI is InChI=1S/C18H24N2O3S/c1-13-11-17(15(3)23-13)14(2)20-18(21)19-9-10-24(22)12-16-7-5-4-6-8-16/h4-8,11,14H,9-10,12H2,1-3H3,(H2,19,20,21)/t14-,24+/m1/s1. The van der Waals surface area contributed by atoms with Crippen molar-refractivity contribution in [3.8, 4) is 0 Å². The van der Waals surface area contributed by atoms with Gasteiger partial charge in [0.1, 0.15) is 11.5 Å². The van der Waals surface area contributed by atoms with Crippen LogP contribution in [0.4, 0.5) is 4.79 Å². The highest BCUT2D eigenvalue weighted by molar-refractivity contribution is 7.84. The van der Waals surface area contributed by atoms with Gasteiger partial charge < -0.3 is 15.1 Å². The van der Waals surface area contributed by atoms with Crippen LogP contribution >= 0.6 is 0 Å². The molecular weight excluding hydrogens is 324 g/mol. The first-order valence-corrected chi connectivity index (χ1v) is 9.44. The number of aryl methyl sites for hydroxylation is 2. The predicted octanol–water partition coefficient (Wildman–Crippen LogP) is 3.21. The molecule has 24 heavy (non-hydrogen) atoms. The lowest BCUT2D eigenvalue weighted by atomic mass is 10.1. The van der Waals surface area contributed by atoms with E-state index >= 15 is 0 Å². The Morgan fingerprint density at radius 3 is 2.58 bits per heavy atom. The third kappa shape index (κ3) is 5.53. The molecular formula is C18H24N2O3S. The van der Waals surface area contributed by atoms with Crippen molar-refractivity contribution >= 4 is 16.8 Å². The Morgan fingerprint density at radius 1 is 1.25 bits per heavy atom. The fraction of sp³-hybridized carbons (Fsp3) is 0.389. The van der Waals surface area contributed by atoms with Crippen LogP contribution in [0.1, 0.15) is 35.6 Å². The number of furan rings is 1. The van der Waals surface area contributed by atoms with E-state index in [4.69, 9.17) is 4.42 Å². The molecule has 0 spiro atoms. The minimum absolute atomic E-state index is 0.141. The van der Waals surface area contributed by atoms with Gasteiger partial charge in [0.05, 0.1) is 6.04 Å². The molecule has 1 aromatic carbocycles. The number of urea groups is 1. The molecule has 5 nitrogen and oxygen atoms in total. The molecule has 2 aromatic rings. The second-order valence-electron chi connectivity index (χ2n) is 5.76. The van der Waals surface area contributed by atoms with Crippen molar-refractivity contribution in [3.05, 3.63) is 59.0 Å². The summed E-state index contributed by atoms with van der Waals surface area (Å²) < 4.78 is 17.5. The summed E-state index contributed by atoms with van der Waals surface area (Å²) in [6.07, 6.45) is 0. The molecule has 0 aliphatic rings. The minimum Gasteiger partial charge on any atom is -0.466 e. The van der Waals surface area contributed by atoms with Gasteiger partial charge in [-0.3, -0.25) is 4.21 Å². The molecule has 1 heterocycles. The van der Waals surface area contributed by atoms with Gasteiger partial charge in [-0.25, -0.2) is 4.79 Å². The molecule has 0 fully saturated rings. The van der Waals surface area contributed by atoms with Crippen molar-refractivity contribution in [3.63, 3.8) is 0 Å². The Bertz CT molecular complexity index is 698. The van der Waals surface area contributed by atoms with E-state index in [-0.39, 0.29) is 12.1 Å². The lowest BCUT2D eigenvalue weighted by molar-refractivity contribution is 0.238. The number of hydrogen-bond acceptors (Lipinski definition) is 3. The maximum absolute atomic E-state index is 12.0. The SMILES string of the molecule is Cc1cc([C@@H](C)NC(=O)NCC[S@](=O)Cc2ccccc2)c(C)o1. The predicted molar refractivity (Wildman–Crippen MR) is 96.3 cm³/mol. The fourth-order valence-electron chi connectivity index (χ4n) is 2.52. The molecule has 0 radical (unpaired) electrons. The zero-order chi connectivity index (χ0) is 17.5. The zero-order valence-corrected chi connectivity index (χ0v) is 15.1. The molecule has 0 unspecified atom stereocenters. The van der Waals surface area contributed by atoms with Gasteiger partial charge in [0.25, 0.3) is 0 Å². The summed E-state index contributed by atoms with van der Waals surface area (Å²) in [6, 6.07) is 11.2. The Labute approximate surface area is 145 Å². The second-order valence-corrected chi connectivity index (χ2v) is 7.34. The maximum atomic E-state index is 12.0. The summed E-state index contributed by atoms with van der Waals surface area (Å²) in [7, 11) is -0.994. The Hall–Kier alpha value is -2.08. The van der Waals surface area contributed by atoms with Gasteiger partial charge >= 0.3 is 6.03 Å².